The van der Waals surface area contributed by atoms with E-state index in [1.165, 1.54) is 26.4 Å². The maximum Gasteiger partial charge on any atom is 0.270 e. The van der Waals surface area contributed by atoms with E-state index in [1.807, 2.05) is 0 Å². The lowest BCUT2D eigenvalue weighted by Gasteiger charge is -2.13. The van der Waals surface area contributed by atoms with E-state index in [1.54, 1.807) is 32.0 Å². The lowest BCUT2D eigenvalue weighted by atomic mass is 10.1. The van der Waals surface area contributed by atoms with Crippen molar-refractivity contribution in [1.29, 1.82) is 0 Å². The molecule has 0 atom stereocenters. The van der Waals surface area contributed by atoms with E-state index in [-0.39, 0.29) is 11.6 Å². The van der Waals surface area contributed by atoms with Gasteiger partial charge in [0.25, 0.3) is 11.6 Å². The standard InChI is InChI=1S/C17H18N2O5/c1-10-7-13(19(21)22)8-11(2)16(10)18-17(20)12-5-6-14(23-3)15(9-12)24-4/h5-9H,1-4H3,(H,18,20). The van der Waals surface area contributed by atoms with Gasteiger partial charge in [-0.25, -0.2) is 0 Å². The molecule has 0 saturated heterocycles. The molecule has 24 heavy (non-hydrogen) atoms. The van der Waals surface area contributed by atoms with Crippen LogP contribution in [-0.2, 0) is 0 Å². The van der Waals surface area contributed by atoms with E-state index < -0.39 is 4.92 Å². The summed E-state index contributed by atoms with van der Waals surface area (Å²) in [6, 6.07) is 7.69. The number of rotatable bonds is 5. The molecule has 0 bridgehead atoms. The topological polar surface area (TPSA) is 90.7 Å². The van der Waals surface area contributed by atoms with Crippen LogP contribution in [-0.4, -0.2) is 25.1 Å². The molecule has 1 amide bonds. The first kappa shape index (κ1) is 17.3. The highest BCUT2D eigenvalue weighted by molar-refractivity contribution is 6.05. The van der Waals surface area contributed by atoms with Crippen molar-refractivity contribution in [3.63, 3.8) is 0 Å². The third-order valence-corrected chi connectivity index (χ3v) is 3.61. The molecule has 1 N–H and O–H groups in total. The number of hydrogen-bond donors (Lipinski definition) is 1. The third kappa shape index (κ3) is 3.45. The molecule has 0 unspecified atom stereocenters. The molecule has 0 fully saturated rings. The maximum absolute atomic E-state index is 12.5. The van der Waals surface area contributed by atoms with E-state index in [9.17, 15) is 14.9 Å². The van der Waals surface area contributed by atoms with Gasteiger partial charge in [0.05, 0.1) is 19.1 Å². The van der Waals surface area contributed by atoms with Gasteiger partial charge >= 0.3 is 0 Å². The normalized spacial score (nSPS) is 10.2. The van der Waals surface area contributed by atoms with Crippen LogP contribution in [0.4, 0.5) is 11.4 Å². The van der Waals surface area contributed by atoms with Gasteiger partial charge in [-0.05, 0) is 43.2 Å². The quantitative estimate of drug-likeness (QED) is 0.669. The van der Waals surface area contributed by atoms with E-state index >= 15 is 0 Å². The Labute approximate surface area is 139 Å². The monoisotopic (exact) mass is 330 g/mol. The van der Waals surface area contributed by atoms with Crippen LogP contribution in [0.1, 0.15) is 21.5 Å². The highest BCUT2D eigenvalue weighted by atomic mass is 16.6. The van der Waals surface area contributed by atoms with Crippen LogP contribution >= 0.6 is 0 Å². The van der Waals surface area contributed by atoms with Crippen LogP contribution in [0, 0.1) is 24.0 Å². The second-order valence-corrected chi connectivity index (χ2v) is 5.24. The van der Waals surface area contributed by atoms with Crippen LogP contribution in [0.2, 0.25) is 0 Å². The Morgan fingerprint density at radius 2 is 1.62 bits per heavy atom. The van der Waals surface area contributed by atoms with Crippen molar-refractivity contribution in [2.24, 2.45) is 0 Å². The molecule has 0 aliphatic heterocycles. The molecule has 2 aromatic rings. The molecule has 0 spiro atoms. The number of anilines is 1. The zero-order valence-electron chi connectivity index (χ0n) is 13.9. The largest absolute Gasteiger partial charge is 0.493 e. The summed E-state index contributed by atoms with van der Waals surface area (Å²) in [5.74, 6) is 0.634. The first-order valence-electron chi connectivity index (χ1n) is 7.16. The molecule has 2 rings (SSSR count). The number of methoxy groups -OCH3 is 2. The number of carbonyl (C=O) groups excluding carboxylic acids is 1. The zero-order valence-corrected chi connectivity index (χ0v) is 13.9. The van der Waals surface area contributed by atoms with Crippen LogP contribution in [0.15, 0.2) is 30.3 Å². The van der Waals surface area contributed by atoms with Gasteiger partial charge in [0.1, 0.15) is 0 Å². The van der Waals surface area contributed by atoms with Crippen molar-refractivity contribution < 1.29 is 19.2 Å². The van der Waals surface area contributed by atoms with E-state index in [4.69, 9.17) is 9.47 Å². The van der Waals surface area contributed by atoms with Crippen LogP contribution in [0.3, 0.4) is 0 Å². The molecular weight excluding hydrogens is 312 g/mol. The van der Waals surface area contributed by atoms with Crippen molar-refractivity contribution in [2.45, 2.75) is 13.8 Å². The number of nitro groups is 1. The minimum absolute atomic E-state index is 0.00545. The van der Waals surface area contributed by atoms with Gasteiger partial charge in [-0.2, -0.15) is 0 Å². The number of carbonyl (C=O) groups is 1. The van der Waals surface area contributed by atoms with Crippen molar-refractivity contribution in [1.82, 2.24) is 0 Å². The number of benzene rings is 2. The Balaban J connectivity index is 2.32. The summed E-state index contributed by atoms with van der Waals surface area (Å²) in [4.78, 5) is 22.9. The van der Waals surface area contributed by atoms with Crippen molar-refractivity contribution >= 4 is 17.3 Å². The number of nitro benzene ring substituents is 1. The molecule has 0 radical (unpaired) electrons. The number of hydrogen-bond acceptors (Lipinski definition) is 5. The molecule has 0 heterocycles. The van der Waals surface area contributed by atoms with E-state index in [2.05, 4.69) is 5.32 Å². The number of non-ortho nitro benzene ring substituents is 1. The number of amides is 1. The highest BCUT2D eigenvalue weighted by Gasteiger charge is 2.16. The van der Waals surface area contributed by atoms with Crippen molar-refractivity contribution in [3.8, 4) is 11.5 Å². The van der Waals surface area contributed by atoms with Crippen molar-refractivity contribution in [2.75, 3.05) is 19.5 Å². The smallest absolute Gasteiger partial charge is 0.270 e. The lowest BCUT2D eigenvalue weighted by molar-refractivity contribution is -0.384. The predicted molar refractivity (Wildman–Crippen MR) is 90.1 cm³/mol. The summed E-state index contributed by atoms with van der Waals surface area (Å²) in [5.41, 5.74) is 2.19. The van der Waals surface area contributed by atoms with Crippen molar-refractivity contribution in [3.05, 3.63) is 57.1 Å². The van der Waals surface area contributed by atoms with Gasteiger partial charge in [0, 0.05) is 23.4 Å². The number of aryl methyl sites for hydroxylation is 2. The minimum atomic E-state index is -0.458. The summed E-state index contributed by atoms with van der Waals surface area (Å²) < 4.78 is 10.3. The Morgan fingerprint density at radius 1 is 1.04 bits per heavy atom. The summed E-state index contributed by atoms with van der Waals surface area (Å²) in [7, 11) is 3.01. The third-order valence-electron chi connectivity index (χ3n) is 3.61. The highest BCUT2D eigenvalue weighted by Crippen LogP contribution is 2.29. The molecule has 0 aliphatic carbocycles. The minimum Gasteiger partial charge on any atom is -0.493 e. The Morgan fingerprint density at radius 3 is 2.12 bits per heavy atom. The van der Waals surface area contributed by atoms with Gasteiger partial charge in [0.2, 0.25) is 0 Å². The fraction of sp³-hybridized carbons (Fsp3) is 0.235. The SMILES string of the molecule is COc1ccc(C(=O)Nc2c(C)cc([N+](=O)[O-])cc2C)cc1OC. The second kappa shape index (κ2) is 6.99. The van der Waals surface area contributed by atoms with E-state index in [0.717, 1.165) is 0 Å². The fourth-order valence-electron chi connectivity index (χ4n) is 2.41. The molecule has 0 aliphatic rings. The van der Waals surface area contributed by atoms with Gasteiger partial charge in [-0.1, -0.05) is 0 Å². The molecule has 7 heteroatoms. The van der Waals surface area contributed by atoms with Crippen LogP contribution < -0.4 is 14.8 Å². The second-order valence-electron chi connectivity index (χ2n) is 5.24. The first-order valence-corrected chi connectivity index (χ1v) is 7.16. The Kier molecular flexibility index (Phi) is 5.03. The summed E-state index contributed by atoms with van der Waals surface area (Å²) in [6.07, 6.45) is 0. The van der Waals surface area contributed by atoms with Crippen LogP contribution in [0.25, 0.3) is 0 Å². The van der Waals surface area contributed by atoms with Gasteiger partial charge in [-0.15, -0.1) is 0 Å². The summed E-state index contributed by atoms with van der Waals surface area (Å²) in [5, 5.41) is 13.7. The summed E-state index contributed by atoms with van der Waals surface area (Å²) in [6.45, 7) is 3.43. The lowest BCUT2D eigenvalue weighted by Crippen LogP contribution is -2.14. The molecule has 7 nitrogen and oxygen atoms in total. The van der Waals surface area contributed by atoms with E-state index in [0.29, 0.717) is 33.9 Å². The Bertz CT molecular complexity index is 779. The average molecular weight is 330 g/mol. The molecule has 0 aromatic heterocycles. The molecular formula is C17H18N2O5. The maximum atomic E-state index is 12.5. The predicted octanol–water partition coefficient (Wildman–Crippen LogP) is 3.48. The first-order chi connectivity index (χ1) is 11.4. The molecule has 126 valence electrons. The average Bonchev–Trinajstić information content (AvgIpc) is 2.56. The molecule has 2 aromatic carbocycles. The van der Waals surface area contributed by atoms with Gasteiger partial charge < -0.3 is 14.8 Å². The van der Waals surface area contributed by atoms with Gasteiger partial charge in [0.15, 0.2) is 11.5 Å². The fourth-order valence-corrected chi connectivity index (χ4v) is 2.41. The summed E-state index contributed by atoms with van der Waals surface area (Å²) >= 11 is 0. The number of ether oxygens (including phenoxy) is 2. The Hall–Kier alpha value is -3.09. The molecule has 0 saturated carbocycles. The number of nitrogens with one attached hydrogen (secondary N) is 1. The van der Waals surface area contributed by atoms with Crippen LogP contribution in [0.5, 0.6) is 11.5 Å². The number of nitrogens with zero attached hydrogens (tertiary/aromatic N) is 1. The zero-order chi connectivity index (χ0) is 17.9. The van der Waals surface area contributed by atoms with Gasteiger partial charge in [-0.3, -0.25) is 14.9 Å².